The minimum Gasteiger partial charge on any atom is -0.480 e. The molecule has 0 unspecified atom stereocenters. The molecule has 1 saturated heterocycles. The topological polar surface area (TPSA) is 60.8 Å². The van der Waals surface area contributed by atoms with Gasteiger partial charge in [-0.15, -0.1) is 0 Å². The molecule has 1 saturated carbocycles. The first-order chi connectivity index (χ1) is 11.0. The van der Waals surface area contributed by atoms with Crippen molar-refractivity contribution in [1.82, 2.24) is 4.90 Å². The molecule has 4 heteroatoms. The zero-order chi connectivity index (χ0) is 16.3. The first-order valence-corrected chi connectivity index (χ1v) is 8.79. The van der Waals surface area contributed by atoms with Crippen LogP contribution in [0.2, 0.25) is 0 Å². The van der Waals surface area contributed by atoms with Gasteiger partial charge in [0.05, 0.1) is 5.60 Å². The number of hydrogen-bond donors (Lipinski definition) is 2. The normalized spacial score (nSPS) is 24.2. The summed E-state index contributed by atoms with van der Waals surface area (Å²) in [4.78, 5) is 14.1. The molecule has 0 atom stereocenters. The van der Waals surface area contributed by atoms with Crippen molar-refractivity contribution in [2.75, 3.05) is 13.1 Å². The Morgan fingerprint density at radius 3 is 2.17 bits per heavy atom. The quantitative estimate of drug-likeness (QED) is 0.896. The molecule has 4 nitrogen and oxygen atoms in total. The number of benzene rings is 1. The van der Waals surface area contributed by atoms with Crippen LogP contribution < -0.4 is 0 Å². The van der Waals surface area contributed by atoms with E-state index < -0.39 is 17.1 Å². The van der Waals surface area contributed by atoms with E-state index in [4.69, 9.17) is 0 Å². The highest BCUT2D eigenvalue weighted by atomic mass is 16.4. The van der Waals surface area contributed by atoms with Gasteiger partial charge in [0.15, 0.2) is 0 Å². The molecule has 0 radical (unpaired) electrons. The van der Waals surface area contributed by atoms with Crippen molar-refractivity contribution in [1.29, 1.82) is 0 Å². The van der Waals surface area contributed by atoms with Crippen LogP contribution in [0, 0.1) is 0 Å². The van der Waals surface area contributed by atoms with Gasteiger partial charge < -0.3 is 10.2 Å². The highest BCUT2D eigenvalue weighted by Crippen LogP contribution is 2.38. The van der Waals surface area contributed by atoms with Gasteiger partial charge in [0, 0.05) is 19.5 Å². The fourth-order valence-electron chi connectivity index (χ4n) is 4.31. The lowest BCUT2D eigenvalue weighted by Gasteiger charge is -2.48. The summed E-state index contributed by atoms with van der Waals surface area (Å²) in [5, 5.41) is 20.7. The lowest BCUT2D eigenvalue weighted by Crippen LogP contribution is -2.60. The lowest BCUT2D eigenvalue weighted by atomic mass is 9.77. The Kier molecular flexibility index (Phi) is 4.74. The predicted octanol–water partition coefficient (Wildman–Crippen LogP) is 2.84. The van der Waals surface area contributed by atoms with Crippen LogP contribution in [0.1, 0.15) is 50.5 Å². The van der Waals surface area contributed by atoms with Crippen LogP contribution >= 0.6 is 0 Å². The van der Waals surface area contributed by atoms with E-state index in [1.165, 1.54) is 0 Å². The van der Waals surface area contributed by atoms with Crippen molar-refractivity contribution in [3.8, 4) is 0 Å². The molecule has 0 aromatic heterocycles. The van der Waals surface area contributed by atoms with Gasteiger partial charge in [-0.1, -0.05) is 49.6 Å². The zero-order valence-electron chi connectivity index (χ0n) is 13.7. The third-order valence-electron chi connectivity index (χ3n) is 5.75. The van der Waals surface area contributed by atoms with E-state index in [0.717, 1.165) is 37.7 Å². The van der Waals surface area contributed by atoms with Crippen molar-refractivity contribution >= 4 is 5.97 Å². The summed E-state index contributed by atoms with van der Waals surface area (Å²) in [6.07, 6.45) is 6.59. The molecule has 1 heterocycles. The molecule has 0 amide bonds. The Labute approximate surface area is 138 Å². The summed E-state index contributed by atoms with van der Waals surface area (Å²) < 4.78 is 0. The Balaban J connectivity index is 1.66. The molecule has 3 rings (SSSR count). The fraction of sp³-hybridized carbons (Fsp3) is 0.632. The standard InChI is InChI=1S/C19H27NO3/c21-17(22)19(9-5-2-6-10-19)20-13-11-18(23,12-14-20)15-16-7-3-1-4-8-16/h1,3-4,7-8,23H,2,5-6,9-15H2,(H,21,22). The maximum atomic E-state index is 11.9. The van der Waals surface area contributed by atoms with Gasteiger partial charge in [-0.25, -0.2) is 0 Å². The molecule has 1 aliphatic heterocycles. The molecule has 2 N–H and O–H groups in total. The van der Waals surface area contributed by atoms with Crippen LogP contribution in [0.25, 0.3) is 0 Å². The molecular weight excluding hydrogens is 290 g/mol. The summed E-state index contributed by atoms with van der Waals surface area (Å²) in [5.41, 5.74) is -0.243. The van der Waals surface area contributed by atoms with Crippen LogP contribution in [-0.2, 0) is 11.2 Å². The molecular formula is C19H27NO3. The smallest absolute Gasteiger partial charge is 0.324 e. The highest BCUT2D eigenvalue weighted by Gasteiger charge is 2.47. The van der Waals surface area contributed by atoms with Gasteiger partial charge in [0.1, 0.15) is 5.54 Å². The second-order valence-corrected chi connectivity index (χ2v) is 7.27. The average molecular weight is 317 g/mol. The third kappa shape index (κ3) is 3.43. The number of likely N-dealkylation sites (tertiary alicyclic amines) is 1. The molecule has 0 spiro atoms. The van der Waals surface area contributed by atoms with Crippen LogP contribution in [0.4, 0.5) is 0 Å². The first-order valence-electron chi connectivity index (χ1n) is 8.79. The van der Waals surface area contributed by atoms with Gasteiger partial charge in [-0.05, 0) is 31.2 Å². The Hall–Kier alpha value is -1.39. The molecule has 1 aromatic rings. The number of carbonyl (C=O) groups is 1. The third-order valence-corrected chi connectivity index (χ3v) is 5.75. The van der Waals surface area contributed by atoms with Crippen molar-refractivity contribution < 1.29 is 15.0 Å². The minimum absolute atomic E-state index is 0.650. The van der Waals surface area contributed by atoms with Crippen molar-refractivity contribution in [2.24, 2.45) is 0 Å². The molecule has 126 valence electrons. The molecule has 1 aliphatic carbocycles. The van der Waals surface area contributed by atoms with E-state index in [-0.39, 0.29) is 0 Å². The maximum Gasteiger partial charge on any atom is 0.324 e. The van der Waals surface area contributed by atoms with Crippen LogP contribution in [-0.4, -0.2) is 45.3 Å². The van der Waals surface area contributed by atoms with E-state index >= 15 is 0 Å². The Morgan fingerprint density at radius 2 is 1.61 bits per heavy atom. The van der Waals surface area contributed by atoms with Gasteiger partial charge in [0.2, 0.25) is 0 Å². The van der Waals surface area contributed by atoms with Crippen LogP contribution in [0.15, 0.2) is 30.3 Å². The molecule has 2 aliphatic rings. The lowest BCUT2D eigenvalue weighted by molar-refractivity contribution is -0.158. The Morgan fingerprint density at radius 1 is 1.00 bits per heavy atom. The summed E-state index contributed by atoms with van der Waals surface area (Å²) >= 11 is 0. The second-order valence-electron chi connectivity index (χ2n) is 7.27. The average Bonchev–Trinajstić information content (AvgIpc) is 2.56. The second kappa shape index (κ2) is 6.62. The van der Waals surface area contributed by atoms with Gasteiger partial charge >= 0.3 is 5.97 Å². The van der Waals surface area contributed by atoms with Gasteiger partial charge in [-0.3, -0.25) is 9.69 Å². The maximum absolute atomic E-state index is 11.9. The number of nitrogens with zero attached hydrogens (tertiary/aromatic N) is 1. The molecule has 23 heavy (non-hydrogen) atoms. The summed E-state index contributed by atoms with van der Waals surface area (Å²) in [6.45, 7) is 1.35. The number of aliphatic hydroxyl groups is 1. The monoisotopic (exact) mass is 317 g/mol. The zero-order valence-corrected chi connectivity index (χ0v) is 13.7. The van der Waals surface area contributed by atoms with E-state index in [1.54, 1.807) is 0 Å². The Bertz CT molecular complexity index is 529. The van der Waals surface area contributed by atoms with Crippen molar-refractivity contribution in [2.45, 2.75) is 62.5 Å². The number of carboxylic acids is 1. The SMILES string of the molecule is O=C(O)C1(N2CCC(O)(Cc3ccccc3)CC2)CCCCC1. The van der Waals surface area contributed by atoms with Gasteiger partial charge in [0.25, 0.3) is 0 Å². The van der Waals surface area contributed by atoms with Crippen LogP contribution in [0.5, 0.6) is 0 Å². The molecule has 1 aromatic carbocycles. The van der Waals surface area contributed by atoms with E-state index in [0.29, 0.717) is 32.4 Å². The van der Waals surface area contributed by atoms with E-state index in [9.17, 15) is 15.0 Å². The number of hydrogen-bond acceptors (Lipinski definition) is 3. The largest absolute Gasteiger partial charge is 0.480 e. The van der Waals surface area contributed by atoms with E-state index in [1.807, 2.05) is 30.3 Å². The number of carboxylic acid groups (broad SMARTS) is 1. The van der Waals surface area contributed by atoms with Crippen LogP contribution in [0.3, 0.4) is 0 Å². The summed E-state index contributed by atoms with van der Waals surface area (Å²) in [5.74, 6) is -0.675. The van der Waals surface area contributed by atoms with Gasteiger partial charge in [-0.2, -0.15) is 0 Å². The minimum atomic E-state index is -0.702. The number of rotatable bonds is 4. The predicted molar refractivity (Wildman–Crippen MR) is 89.4 cm³/mol. The molecule has 0 bridgehead atoms. The van der Waals surface area contributed by atoms with Crippen molar-refractivity contribution in [3.63, 3.8) is 0 Å². The summed E-state index contributed by atoms with van der Waals surface area (Å²) in [6, 6.07) is 10.1. The van der Waals surface area contributed by atoms with Crippen molar-refractivity contribution in [3.05, 3.63) is 35.9 Å². The number of aliphatic carboxylic acids is 1. The first kappa shape index (κ1) is 16.5. The number of piperidine rings is 1. The van der Waals surface area contributed by atoms with E-state index in [2.05, 4.69) is 4.90 Å². The summed E-state index contributed by atoms with van der Waals surface area (Å²) in [7, 11) is 0. The highest BCUT2D eigenvalue weighted by molar-refractivity contribution is 5.79. The molecule has 2 fully saturated rings. The fourth-order valence-corrected chi connectivity index (χ4v) is 4.31.